The molecule has 4 heteroatoms. The number of hydrogen-bond acceptors (Lipinski definition) is 2. The number of anilines is 2. The van der Waals surface area contributed by atoms with Gasteiger partial charge in [0.1, 0.15) is 0 Å². The number of nitrogens with one attached hydrogen (secondary N) is 2. The van der Waals surface area contributed by atoms with Crippen LogP contribution >= 0.6 is 15.9 Å². The second-order valence-corrected chi connectivity index (χ2v) is 5.75. The highest BCUT2D eigenvalue weighted by Gasteiger charge is 2.31. The zero-order valence-electron chi connectivity index (χ0n) is 9.65. The molecule has 0 spiro atoms. The van der Waals surface area contributed by atoms with Crippen LogP contribution in [0.2, 0.25) is 0 Å². The largest absolute Gasteiger partial charge is 0.382 e. The Morgan fingerprint density at radius 2 is 2.06 bits per heavy atom. The number of carbonyl (C=O) groups is 1. The van der Waals surface area contributed by atoms with E-state index in [-0.39, 0.29) is 5.91 Å². The minimum atomic E-state index is -0.391. The predicted molar refractivity (Wildman–Crippen MR) is 69.8 cm³/mol. The van der Waals surface area contributed by atoms with Gasteiger partial charge in [0.15, 0.2) is 0 Å². The summed E-state index contributed by atoms with van der Waals surface area (Å²) in [5.74, 6) is 0.0521. The van der Waals surface area contributed by atoms with Crippen molar-refractivity contribution < 1.29 is 4.79 Å². The van der Waals surface area contributed by atoms with Crippen LogP contribution in [-0.4, -0.2) is 12.5 Å². The quantitative estimate of drug-likeness (QED) is 0.768. The summed E-state index contributed by atoms with van der Waals surface area (Å²) in [7, 11) is 0. The summed E-state index contributed by atoms with van der Waals surface area (Å²) in [6.45, 7) is 6.55. The molecule has 0 atom stereocenters. The second kappa shape index (κ2) is 3.77. The third-order valence-corrected chi connectivity index (χ3v) is 3.33. The lowest BCUT2D eigenvalue weighted by Gasteiger charge is -2.19. The van der Waals surface area contributed by atoms with Crippen LogP contribution in [-0.2, 0) is 4.79 Å². The summed E-state index contributed by atoms with van der Waals surface area (Å²) >= 11 is 3.44. The molecule has 1 aromatic rings. The van der Waals surface area contributed by atoms with E-state index >= 15 is 0 Å². The van der Waals surface area contributed by atoms with Gasteiger partial charge in [0.05, 0.1) is 16.8 Å². The van der Waals surface area contributed by atoms with E-state index in [0.29, 0.717) is 6.54 Å². The van der Waals surface area contributed by atoms with Crippen molar-refractivity contribution in [1.82, 2.24) is 0 Å². The summed E-state index contributed by atoms with van der Waals surface area (Å²) < 4.78 is 0.977. The standard InChI is InChI=1S/C12H15BrN2O/c1-7-4-8(13)5-9-10(7)14-6-12(2,3)11(16)15-9/h4-5,14H,6H2,1-3H3,(H,15,16). The molecule has 1 aliphatic heterocycles. The Labute approximate surface area is 104 Å². The molecule has 0 saturated carbocycles. The van der Waals surface area contributed by atoms with Crippen LogP contribution in [0.1, 0.15) is 19.4 Å². The number of halogens is 1. The number of hydrogen-bond donors (Lipinski definition) is 2. The fourth-order valence-electron chi connectivity index (χ4n) is 1.76. The SMILES string of the molecule is Cc1cc(Br)cc2c1NCC(C)(C)C(=O)N2. The number of benzene rings is 1. The fraction of sp³-hybridized carbons (Fsp3) is 0.417. The van der Waals surface area contributed by atoms with E-state index < -0.39 is 5.41 Å². The third kappa shape index (κ3) is 1.94. The maximum Gasteiger partial charge on any atom is 0.231 e. The van der Waals surface area contributed by atoms with Crippen LogP contribution < -0.4 is 10.6 Å². The Morgan fingerprint density at radius 3 is 2.75 bits per heavy atom. The van der Waals surface area contributed by atoms with E-state index in [1.54, 1.807) is 0 Å². The lowest BCUT2D eigenvalue weighted by atomic mass is 9.93. The van der Waals surface area contributed by atoms with Gasteiger partial charge in [-0.1, -0.05) is 15.9 Å². The summed E-state index contributed by atoms with van der Waals surface area (Å²) in [4.78, 5) is 12.0. The van der Waals surface area contributed by atoms with Crippen molar-refractivity contribution in [3.63, 3.8) is 0 Å². The average Bonchev–Trinajstić information content (AvgIpc) is 2.25. The van der Waals surface area contributed by atoms with Crippen molar-refractivity contribution in [2.45, 2.75) is 20.8 Å². The molecule has 0 aromatic heterocycles. The van der Waals surface area contributed by atoms with Crippen LogP contribution in [0.3, 0.4) is 0 Å². The summed E-state index contributed by atoms with van der Waals surface area (Å²) in [6, 6.07) is 3.96. The van der Waals surface area contributed by atoms with E-state index in [2.05, 4.69) is 26.6 Å². The number of rotatable bonds is 0. The highest BCUT2D eigenvalue weighted by molar-refractivity contribution is 9.10. The van der Waals surface area contributed by atoms with E-state index in [0.717, 1.165) is 21.4 Å². The molecule has 2 N–H and O–H groups in total. The predicted octanol–water partition coefficient (Wildman–Crippen LogP) is 3.15. The Bertz CT molecular complexity index is 455. The van der Waals surface area contributed by atoms with Gasteiger partial charge >= 0.3 is 0 Å². The fourth-order valence-corrected chi connectivity index (χ4v) is 2.33. The van der Waals surface area contributed by atoms with Gasteiger partial charge < -0.3 is 10.6 Å². The topological polar surface area (TPSA) is 41.1 Å². The van der Waals surface area contributed by atoms with Crippen molar-refractivity contribution in [1.29, 1.82) is 0 Å². The molecule has 0 fully saturated rings. The van der Waals surface area contributed by atoms with Crippen LogP contribution in [0.4, 0.5) is 11.4 Å². The Balaban J connectivity index is 2.49. The summed E-state index contributed by atoms with van der Waals surface area (Å²) in [5.41, 5.74) is 2.60. The van der Waals surface area contributed by atoms with Crippen LogP contribution in [0.25, 0.3) is 0 Å². The lowest BCUT2D eigenvalue weighted by molar-refractivity contribution is -0.123. The van der Waals surface area contributed by atoms with Crippen molar-refractivity contribution in [2.24, 2.45) is 5.41 Å². The molecular weight excluding hydrogens is 268 g/mol. The molecule has 2 rings (SSSR count). The number of carbonyl (C=O) groups excluding carboxylic acids is 1. The minimum absolute atomic E-state index is 0.0521. The number of fused-ring (bicyclic) bond motifs is 1. The first-order valence-corrected chi connectivity index (χ1v) is 6.05. The normalized spacial score (nSPS) is 18.1. The number of amides is 1. The third-order valence-electron chi connectivity index (χ3n) is 2.87. The average molecular weight is 283 g/mol. The van der Waals surface area contributed by atoms with Gasteiger partial charge in [-0.3, -0.25) is 4.79 Å². The molecule has 86 valence electrons. The monoisotopic (exact) mass is 282 g/mol. The van der Waals surface area contributed by atoms with Gasteiger partial charge in [-0.25, -0.2) is 0 Å². The maximum atomic E-state index is 12.0. The molecule has 3 nitrogen and oxygen atoms in total. The van der Waals surface area contributed by atoms with Crippen molar-refractivity contribution in [3.05, 3.63) is 22.2 Å². The summed E-state index contributed by atoms with van der Waals surface area (Å²) in [5, 5.41) is 6.30. The molecule has 0 unspecified atom stereocenters. The Hall–Kier alpha value is -1.03. The van der Waals surface area contributed by atoms with Crippen molar-refractivity contribution in [2.75, 3.05) is 17.2 Å². The van der Waals surface area contributed by atoms with Gasteiger partial charge in [0, 0.05) is 11.0 Å². The van der Waals surface area contributed by atoms with E-state index in [1.807, 2.05) is 32.9 Å². The molecule has 0 radical (unpaired) electrons. The first-order valence-electron chi connectivity index (χ1n) is 5.25. The molecule has 1 heterocycles. The van der Waals surface area contributed by atoms with Crippen LogP contribution in [0.15, 0.2) is 16.6 Å². The van der Waals surface area contributed by atoms with Crippen LogP contribution in [0, 0.1) is 12.3 Å². The van der Waals surface area contributed by atoms with Gasteiger partial charge in [-0.15, -0.1) is 0 Å². The molecule has 0 aliphatic carbocycles. The van der Waals surface area contributed by atoms with Crippen LogP contribution in [0.5, 0.6) is 0 Å². The van der Waals surface area contributed by atoms with Gasteiger partial charge in [0.2, 0.25) is 5.91 Å². The lowest BCUT2D eigenvalue weighted by Crippen LogP contribution is -2.34. The highest BCUT2D eigenvalue weighted by Crippen LogP contribution is 2.34. The van der Waals surface area contributed by atoms with Crippen molar-refractivity contribution >= 4 is 33.2 Å². The summed E-state index contributed by atoms with van der Waals surface area (Å²) in [6.07, 6.45) is 0. The maximum absolute atomic E-state index is 12.0. The van der Waals surface area contributed by atoms with Crippen molar-refractivity contribution in [3.8, 4) is 0 Å². The molecule has 16 heavy (non-hydrogen) atoms. The van der Waals surface area contributed by atoms with E-state index in [1.165, 1.54) is 0 Å². The van der Waals surface area contributed by atoms with E-state index in [9.17, 15) is 4.79 Å². The Kier molecular flexibility index (Phi) is 2.70. The van der Waals surface area contributed by atoms with E-state index in [4.69, 9.17) is 0 Å². The molecule has 0 bridgehead atoms. The molecule has 1 aliphatic rings. The van der Waals surface area contributed by atoms with Gasteiger partial charge in [0.25, 0.3) is 0 Å². The second-order valence-electron chi connectivity index (χ2n) is 4.84. The van der Waals surface area contributed by atoms with Gasteiger partial charge in [-0.2, -0.15) is 0 Å². The minimum Gasteiger partial charge on any atom is -0.382 e. The zero-order valence-corrected chi connectivity index (χ0v) is 11.2. The van der Waals surface area contributed by atoms with Gasteiger partial charge in [-0.05, 0) is 38.5 Å². The zero-order chi connectivity index (χ0) is 11.9. The first-order chi connectivity index (χ1) is 7.40. The smallest absolute Gasteiger partial charge is 0.231 e. The first kappa shape index (κ1) is 11.5. The molecule has 1 aromatic carbocycles. The highest BCUT2D eigenvalue weighted by atomic mass is 79.9. The Morgan fingerprint density at radius 1 is 1.38 bits per heavy atom. The number of aryl methyl sites for hydroxylation is 1. The molecule has 1 amide bonds. The molecule has 0 saturated heterocycles. The molecular formula is C12H15BrN2O.